The summed E-state index contributed by atoms with van der Waals surface area (Å²) in [5.74, 6) is 1.50. The summed E-state index contributed by atoms with van der Waals surface area (Å²) in [5.41, 5.74) is 0. The summed E-state index contributed by atoms with van der Waals surface area (Å²) in [4.78, 5) is 30.9. The number of nitrogens with one attached hydrogen (secondary N) is 1. The van der Waals surface area contributed by atoms with E-state index in [0.717, 1.165) is 31.6 Å². The Morgan fingerprint density at radius 1 is 1.36 bits per heavy atom. The second-order valence-corrected chi connectivity index (χ2v) is 7.66. The summed E-state index contributed by atoms with van der Waals surface area (Å²) in [6, 6.07) is 0.376. The number of carbonyl (C=O) groups excluding carboxylic acids is 2. The molecule has 3 rings (SSSR count). The zero-order chi connectivity index (χ0) is 17.8. The van der Waals surface area contributed by atoms with E-state index in [0.29, 0.717) is 31.5 Å². The topological polar surface area (TPSA) is 67.2 Å². The van der Waals surface area contributed by atoms with E-state index in [9.17, 15) is 9.59 Å². The maximum Gasteiger partial charge on any atom is 0.225 e. The lowest BCUT2D eigenvalue weighted by atomic mass is 10.1. The van der Waals surface area contributed by atoms with E-state index >= 15 is 0 Å². The summed E-state index contributed by atoms with van der Waals surface area (Å²) in [6.45, 7) is 6.37. The van der Waals surface area contributed by atoms with E-state index in [1.54, 1.807) is 0 Å². The molecule has 0 bridgehead atoms. The van der Waals surface area contributed by atoms with Gasteiger partial charge in [-0.2, -0.15) is 0 Å². The Morgan fingerprint density at radius 2 is 2.12 bits per heavy atom. The summed E-state index contributed by atoms with van der Waals surface area (Å²) >= 11 is 0. The van der Waals surface area contributed by atoms with Crippen molar-refractivity contribution >= 4 is 11.8 Å². The summed E-state index contributed by atoms with van der Waals surface area (Å²) < 4.78 is 2.15. The van der Waals surface area contributed by atoms with Gasteiger partial charge >= 0.3 is 0 Å². The average Bonchev–Trinajstić information content (AvgIpc) is 3.31. The first-order valence-corrected chi connectivity index (χ1v) is 9.64. The number of hydrogen-bond donors (Lipinski definition) is 1. The number of likely N-dealkylation sites (tertiary alicyclic amines) is 1. The largest absolute Gasteiger partial charge is 0.356 e. The molecular weight excluding hydrogens is 316 g/mol. The van der Waals surface area contributed by atoms with E-state index in [-0.39, 0.29) is 17.7 Å². The van der Waals surface area contributed by atoms with Crippen molar-refractivity contribution in [2.75, 3.05) is 13.1 Å². The number of hydrogen-bond acceptors (Lipinski definition) is 3. The molecule has 0 aromatic carbocycles. The molecule has 1 aliphatic heterocycles. The molecule has 138 valence electrons. The number of amides is 2. The van der Waals surface area contributed by atoms with Gasteiger partial charge in [-0.15, -0.1) is 0 Å². The molecule has 2 aliphatic rings. The lowest BCUT2D eigenvalue weighted by Crippen LogP contribution is -2.37. The van der Waals surface area contributed by atoms with Crippen LogP contribution >= 0.6 is 0 Å². The van der Waals surface area contributed by atoms with Gasteiger partial charge in [0.1, 0.15) is 5.82 Å². The van der Waals surface area contributed by atoms with Crippen molar-refractivity contribution < 1.29 is 9.59 Å². The molecule has 0 spiro atoms. The van der Waals surface area contributed by atoms with Crippen molar-refractivity contribution in [1.82, 2.24) is 19.8 Å². The van der Waals surface area contributed by atoms with Crippen LogP contribution in [-0.2, 0) is 16.1 Å². The maximum atomic E-state index is 12.4. The van der Waals surface area contributed by atoms with Crippen LogP contribution in [0.3, 0.4) is 0 Å². The molecule has 1 N–H and O–H groups in total. The summed E-state index contributed by atoms with van der Waals surface area (Å²) in [5, 5.41) is 3.02. The fraction of sp³-hybridized carbons (Fsp3) is 0.737. The zero-order valence-electron chi connectivity index (χ0n) is 15.4. The van der Waals surface area contributed by atoms with Crippen LogP contribution in [0.1, 0.15) is 64.1 Å². The standard InChI is InChI=1S/C19H30N4O2/c1-14(2)18-20-9-11-22(18)10-5-8-21-19(25)15-12-17(24)23(13-15)16-6-3-4-7-16/h9,11,14-16H,3-8,10,12-13H2,1-2H3,(H,21,25)/t15-/m1/s1. The molecule has 1 aromatic heterocycles. The first-order valence-electron chi connectivity index (χ1n) is 9.64. The van der Waals surface area contributed by atoms with Crippen molar-refractivity contribution in [2.45, 2.75) is 70.9 Å². The maximum absolute atomic E-state index is 12.4. The average molecular weight is 346 g/mol. The monoisotopic (exact) mass is 346 g/mol. The highest BCUT2D eigenvalue weighted by Crippen LogP contribution is 2.29. The van der Waals surface area contributed by atoms with Crippen LogP contribution < -0.4 is 5.32 Å². The molecule has 1 aromatic rings. The van der Waals surface area contributed by atoms with E-state index in [4.69, 9.17) is 0 Å². The number of nitrogens with zero attached hydrogens (tertiary/aromatic N) is 3. The number of imidazole rings is 1. The van der Waals surface area contributed by atoms with Gasteiger partial charge in [-0.05, 0) is 19.3 Å². The van der Waals surface area contributed by atoms with Crippen LogP contribution in [0.15, 0.2) is 12.4 Å². The van der Waals surface area contributed by atoms with Crippen LogP contribution in [0.25, 0.3) is 0 Å². The Bertz CT molecular complexity index is 604. The lowest BCUT2D eigenvalue weighted by Gasteiger charge is -2.23. The molecule has 1 saturated heterocycles. The van der Waals surface area contributed by atoms with Crippen LogP contribution in [0.5, 0.6) is 0 Å². The van der Waals surface area contributed by atoms with Gasteiger partial charge in [0.2, 0.25) is 11.8 Å². The van der Waals surface area contributed by atoms with Gasteiger partial charge in [0.15, 0.2) is 0 Å². The molecule has 1 aliphatic carbocycles. The highest BCUT2D eigenvalue weighted by atomic mass is 16.2. The third kappa shape index (κ3) is 4.22. The Hall–Kier alpha value is -1.85. The second kappa shape index (κ2) is 8.02. The number of rotatable bonds is 7. The third-order valence-corrected chi connectivity index (χ3v) is 5.43. The SMILES string of the molecule is CC(C)c1nccn1CCCNC(=O)[C@@H]1CC(=O)N(C2CCCC2)C1. The van der Waals surface area contributed by atoms with Crippen molar-refractivity contribution in [1.29, 1.82) is 0 Å². The zero-order valence-corrected chi connectivity index (χ0v) is 15.4. The Kier molecular flexibility index (Phi) is 5.76. The Labute approximate surface area is 150 Å². The quantitative estimate of drug-likeness (QED) is 0.771. The van der Waals surface area contributed by atoms with Crippen molar-refractivity contribution in [3.8, 4) is 0 Å². The minimum absolute atomic E-state index is 0.0311. The van der Waals surface area contributed by atoms with Gasteiger partial charge in [0, 0.05) is 50.4 Å². The van der Waals surface area contributed by atoms with Crippen molar-refractivity contribution in [3.63, 3.8) is 0 Å². The summed E-state index contributed by atoms with van der Waals surface area (Å²) in [6.07, 6.45) is 9.68. The molecule has 1 atom stereocenters. The van der Waals surface area contributed by atoms with Crippen molar-refractivity contribution in [3.05, 3.63) is 18.2 Å². The first kappa shape index (κ1) is 18.0. The van der Waals surface area contributed by atoms with Gasteiger partial charge in [-0.3, -0.25) is 9.59 Å². The second-order valence-electron chi connectivity index (χ2n) is 7.66. The minimum atomic E-state index is -0.174. The number of carbonyl (C=O) groups is 2. The molecule has 6 nitrogen and oxygen atoms in total. The van der Waals surface area contributed by atoms with E-state index in [1.807, 2.05) is 17.3 Å². The minimum Gasteiger partial charge on any atom is -0.356 e. The third-order valence-electron chi connectivity index (χ3n) is 5.43. The number of aromatic nitrogens is 2. The molecule has 2 heterocycles. The molecule has 0 radical (unpaired) electrons. The molecule has 2 fully saturated rings. The predicted octanol–water partition coefficient (Wildman–Crippen LogP) is 2.30. The van der Waals surface area contributed by atoms with Gasteiger partial charge in [0.05, 0.1) is 5.92 Å². The molecular formula is C19H30N4O2. The fourth-order valence-electron chi connectivity index (χ4n) is 4.09. The van der Waals surface area contributed by atoms with Crippen LogP contribution in [0.2, 0.25) is 0 Å². The molecule has 6 heteroatoms. The Morgan fingerprint density at radius 3 is 2.84 bits per heavy atom. The van der Waals surface area contributed by atoms with E-state index in [1.165, 1.54) is 12.8 Å². The van der Waals surface area contributed by atoms with Gasteiger partial charge < -0.3 is 14.8 Å². The summed E-state index contributed by atoms with van der Waals surface area (Å²) in [7, 11) is 0. The fourth-order valence-corrected chi connectivity index (χ4v) is 4.09. The van der Waals surface area contributed by atoms with Gasteiger partial charge in [0.25, 0.3) is 0 Å². The Balaban J connectivity index is 1.41. The van der Waals surface area contributed by atoms with Crippen LogP contribution in [-0.4, -0.2) is 45.4 Å². The van der Waals surface area contributed by atoms with Gasteiger partial charge in [-0.1, -0.05) is 26.7 Å². The van der Waals surface area contributed by atoms with E-state index < -0.39 is 0 Å². The first-order chi connectivity index (χ1) is 12.1. The predicted molar refractivity (Wildman–Crippen MR) is 96.0 cm³/mol. The highest BCUT2D eigenvalue weighted by molar-refractivity contribution is 5.89. The number of aryl methyl sites for hydroxylation is 1. The van der Waals surface area contributed by atoms with Crippen LogP contribution in [0, 0.1) is 5.92 Å². The van der Waals surface area contributed by atoms with E-state index in [2.05, 4.69) is 28.7 Å². The van der Waals surface area contributed by atoms with Gasteiger partial charge in [-0.25, -0.2) is 4.98 Å². The lowest BCUT2D eigenvalue weighted by molar-refractivity contribution is -0.130. The molecule has 0 unspecified atom stereocenters. The molecule has 2 amide bonds. The highest BCUT2D eigenvalue weighted by Gasteiger charge is 2.38. The van der Waals surface area contributed by atoms with Crippen molar-refractivity contribution in [2.24, 2.45) is 5.92 Å². The smallest absolute Gasteiger partial charge is 0.225 e. The molecule has 25 heavy (non-hydrogen) atoms. The molecule has 1 saturated carbocycles. The van der Waals surface area contributed by atoms with Crippen LogP contribution in [0.4, 0.5) is 0 Å². The normalized spacial score (nSPS) is 21.5.